The van der Waals surface area contributed by atoms with E-state index in [9.17, 15) is 14.7 Å². The highest BCUT2D eigenvalue weighted by Crippen LogP contribution is 2.51. The second-order valence-electron chi connectivity index (χ2n) is 14.8. The van der Waals surface area contributed by atoms with Crippen molar-refractivity contribution in [1.82, 2.24) is 0 Å². The van der Waals surface area contributed by atoms with E-state index in [0.717, 1.165) is 22.3 Å². The SMILES string of the molecule is CC(C)(C)c1ccc(-c2cccc([P+](O)(O)O)c2-c2ccc(C(C)(C)C)cc2C(C)(C)C)c(C(C)(C)C)c1. The van der Waals surface area contributed by atoms with Gasteiger partial charge in [-0.05, 0) is 66.7 Å². The molecule has 3 nitrogen and oxygen atoms in total. The van der Waals surface area contributed by atoms with Crippen LogP contribution in [0.5, 0.6) is 0 Å². The molecule has 0 bridgehead atoms. The minimum Gasteiger partial charge on any atom is -0.189 e. The van der Waals surface area contributed by atoms with Gasteiger partial charge in [0.1, 0.15) is 0 Å². The van der Waals surface area contributed by atoms with Gasteiger partial charge in [-0.25, -0.2) is 0 Å². The molecule has 0 heterocycles. The summed E-state index contributed by atoms with van der Waals surface area (Å²) in [7, 11) is -4.33. The van der Waals surface area contributed by atoms with E-state index < -0.39 is 7.94 Å². The normalized spacial score (nSPS) is 13.7. The fourth-order valence-electron chi connectivity index (χ4n) is 5.01. The highest BCUT2D eigenvalue weighted by atomic mass is 31.2. The first-order chi connectivity index (χ1) is 17.0. The van der Waals surface area contributed by atoms with Crippen molar-refractivity contribution in [3.05, 3.63) is 76.9 Å². The van der Waals surface area contributed by atoms with Gasteiger partial charge in [0, 0.05) is 5.56 Å². The molecule has 0 saturated carbocycles. The van der Waals surface area contributed by atoms with Crippen LogP contribution < -0.4 is 5.30 Å². The molecule has 4 heteroatoms. The molecule has 0 unspecified atom stereocenters. The summed E-state index contributed by atoms with van der Waals surface area (Å²) in [6, 6.07) is 18.6. The predicted molar refractivity (Wildman–Crippen MR) is 165 cm³/mol. The van der Waals surface area contributed by atoms with Crippen LogP contribution in [-0.4, -0.2) is 14.7 Å². The van der Waals surface area contributed by atoms with Crippen molar-refractivity contribution in [1.29, 1.82) is 0 Å². The summed E-state index contributed by atoms with van der Waals surface area (Å²) in [4.78, 5) is 32.0. The molecule has 0 aliphatic carbocycles. The molecule has 0 spiro atoms. The van der Waals surface area contributed by atoms with Gasteiger partial charge in [0.05, 0.1) is 0 Å². The van der Waals surface area contributed by atoms with Crippen LogP contribution in [-0.2, 0) is 21.7 Å². The van der Waals surface area contributed by atoms with Crippen molar-refractivity contribution in [2.75, 3.05) is 0 Å². The van der Waals surface area contributed by atoms with E-state index >= 15 is 0 Å². The Kier molecular flexibility index (Phi) is 7.92. The summed E-state index contributed by atoms with van der Waals surface area (Å²) >= 11 is 0. The molecule has 0 saturated heterocycles. The molecule has 206 valence electrons. The Balaban J connectivity index is 2.53. The maximum Gasteiger partial charge on any atom is 0.441 e. The zero-order valence-electron chi connectivity index (χ0n) is 25.5. The molecule has 0 aromatic heterocycles. The number of hydrogen-bond donors (Lipinski definition) is 3. The molecule has 3 N–H and O–H groups in total. The largest absolute Gasteiger partial charge is 0.441 e. The highest BCUT2D eigenvalue weighted by molar-refractivity contribution is 7.67. The molecule has 0 aliphatic rings. The van der Waals surface area contributed by atoms with Crippen molar-refractivity contribution < 1.29 is 14.7 Å². The second kappa shape index (κ2) is 9.86. The molecule has 38 heavy (non-hydrogen) atoms. The van der Waals surface area contributed by atoms with Crippen molar-refractivity contribution >= 4 is 13.2 Å². The Morgan fingerprint density at radius 3 is 1.29 bits per heavy atom. The molecule has 0 aliphatic heterocycles. The van der Waals surface area contributed by atoms with E-state index in [2.05, 4.69) is 119 Å². The second-order valence-corrected chi connectivity index (χ2v) is 16.4. The van der Waals surface area contributed by atoms with Crippen LogP contribution in [0.1, 0.15) is 105 Å². The monoisotopic (exact) mass is 535 g/mol. The third kappa shape index (κ3) is 6.40. The molecular weight excluding hydrogens is 487 g/mol. The predicted octanol–water partition coefficient (Wildman–Crippen LogP) is 8.58. The quantitative estimate of drug-likeness (QED) is 0.294. The van der Waals surface area contributed by atoms with Crippen molar-refractivity contribution in [2.24, 2.45) is 0 Å². The fourth-order valence-corrected chi connectivity index (χ4v) is 5.84. The van der Waals surface area contributed by atoms with Gasteiger partial charge in [0.2, 0.25) is 0 Å². The van der Waals surface area contributed by atoms with E-state index in [4.69, 9.17) is 0 Å². The maximum atomic E-state index is 10.7. The van der Waals surface area contributed by atoms with Crippen molar-refractivity contribution in [3.63, 3.8) is 0 Å². The average Bonchev–Trinajstić information content (AvgIpc) is 2.74. The summed E-state index contributed by atoms with van der Waals surface area (Å²) in [6.07, 6.45) is 0. The lowest BCUT2D eigenvalue weighted by atomic mass is 9.74. The number of benzene rings is 3. The Morgan fingerprint density at radius 1 is 0.474 bits per heavy atom. The lowest BCUT2D eigenvalue weighted by Crippen LogP contribution is -2.21. The van der Waals surface area contributed by atoms with E-state index in [-0.39, 0.29) is 27.0 Å². The topological polar surface area (TPSA) is 60.7 Å². The van der Waals surface area contributed by atoms with Gasteiger partial charge in [-0.1, -0.05) is 132 Å². The fraction of sp³-hybridized carbons (Fsp3) is 0.471. The summed E-state index contributed by atoms with van der Waals surface area (Å²) in [6.45, 7) is 26.4. The summed E-state index contributed by atoms with van der Waals surface area (Å²) in [5.74, 6) is 0. The van der Waals surface area contributed by atoms with Crippen LogP contribution in [0.3, 0.4) is 0 Å². The minimum absolute atomic E-state index is 0.00657. The van der Waals surface area contributed by atoms with E-state index in [1.807, 2.05) is 12.1 Å². The molecule has 3 rings (SSSR count). The van der Waals surface area contributed by atoms with Crippen LogP contribution in [0, 0.1) is 0 Å². The third-order valence-corrected chi connectivity index (χ3v) is 8.33. The molecule has 3 aromatic rings. The Morgan fingerprint density at radius 2 is 0.895 bits per heavy atom. The number of rotatable bonds is 3. The molecule has 0 radical (unpaired) electrons. The van der Waals surface area contributed by atoms with Crippen molar-refractivity contribution in [2.45, 2.75) is 105 Å². The first kappa shape index (κ1) is 30.5. The van der Waals surface area contributed by atoms with Gasteiger partial charge in [-0.15, -0.1) is 0 Å². The van der Waals surface area contributed by atoms with Gasteiger partial charge in [0.25, 0.3) is 0 Å². The molecular formula is C34H48O3P+. The van der Waals surface area contributed by atoms with Gasteiger partial charge < -0.3 is 0 Å². The zero-order valence-corrected chi connectivity index (χ0v) is 26.4. The smallest absolute Gasteiger partial charge is 0.189 e. The van der Waals surface area contributed by atoms with Crippen LogP contribution >= 0.6 is 7.94 Å². The van der Waals surface area contributed by atoms with Crippen LogP contribution in [0.4, 0.5) is 0 Å². The number of hydrogen-bond acceptors (Lipinski definition) is 3. The minimum atomic E-state index is -4.33. The first-order valence-electron chi connectivity index (χ1n) is 13.5. The summed E-state index contributed by atoms with van der Waals surface area (Å²) in [5, 5.41) is 0.184. The highest BCUT2D eigenvalue weighted by Gasteiger charge is 2.40. The molecule has 3 aromatic carbocycles. The molecule has 0 atom stereocenters. The summed E-state index contributed by atoms with van der Waals surface area (Å²) in [5.41, 5.74) is 7.88. The van der Waals surface area contributed by atoms with Crippen molar-refractivity contribution in [3.8, 4) is 22.3 Å². The average molecular weight is 536 g/mol. The van der Waals surface area contributed by atoms with E-state index in [1.54, 1.807) is 6.07 Å². The standard InChI is InChI=1S/C34H48O3P/c1-31(2,3)22-16-18-24(27(20-22)33(7,8)9)25-14-13-15-29(38(35,36)37)30(25)26-19-17-23(32(4,5)6)21-28(26)34(10,11)12/h13-21,35-37H,1-12H3/q+1. The lowest BCUT2D eigenvalue weighted by molar-refractivity contribution is 0.347. The van der Waals surface area contributed by atoms with Gasteiger partial charge >= 0.3 is 7.94 Å². The van der Waals surface area contributed by atoms with Crippen LogP contribution in [0.15, 0.2) is 54.6 Å². The Labute approximate surface area is 231 Å². The molecule has 0 fully saturated rings. The van der Waals surface area contributed by atoms with E-state index in [0.29, 0.717) is 5.56 Å². The van der Waals surface area contributed by atoms with Crippen LogP contribution in [0.25, 0.3) is 22.3 Å². The summed E-state index contributed by atoms with van der Waals surface area (Å²) < 4.78 is 0. The van der Waals surface area contributed by atoms with E-state index in [1.165, 1.54) is 16.7 Å². The van der Waals surface area contributed by atoms with Gasteiger partial charge in [0.15, 0.2) is 5.30 Å². The third-order valence-electron chi connectivity index (χ3n) is 7.31. The van der Waals surface area contributed by atoms with Gasteiger partial charge in [-0.2, -0.15) is 14.7 Å². The lowest BCUT2D eigenvalue weighted by Gasteiger charge is -2.30. The first-order valence-corrected chi connectivity index (χ1v) is 15.2. The zero-order chi connectivity index (χ0) is 29.1. The molecule has 0 amide bonds. The Hall–Kier alpha value is -2.03. The van der Waals surface area contributed by atoms with Gasteiger partial charge in [-0.3, -0.25) is 0 Å². The van der Waals surface area contributed by atoms with Crippen LogP contribution in [0.2, 0.25) is 0 Å². The maximum absolute atomic E-state index is 10.7. The Bertz CT molecular complexity index is 1320.